The second kappa shape index (κ2) is 7.64. The van der Waals surface area contributed by atoms with Crippen LogP contribution in [0.2, 0.25) is 0 Å². The van der Waals surface area contributed by atoms with E-state index in [1.54, 1.807) is 0 Å². The van der Waals surface area contributed by atoms with Gasteiger partial charge in [-0.15, -0.1) is 0 Å². The molecule has 3 aliphatic rings. The number of likely N-dealkylation sites (tertiary alicyclic amines) is 1. The Balaban J connectivity index is 1.18. The smallest absolute Gasteiger partial charge is 0.225 e. The van der Waals surface area contributed by atoms with Crippen LogP contribution in [0.4, 0.5) is 5.69 Å². The Morgan fingerprint density at radius 2 is 1.68 bits per heavy atom. The summed E-state index contributed by atoms with van der Waals surface area (Å²) >= 11 is 0. The summed E-state index contributed by atoms with van der Waals surface area (Å²) in [4.78, 5) is 25.6. The molecule has 0 N–H and O–H groups in total. The first-order valence-corrected chi connectivity index (χ1v) is 11.2. The molecule has 0 unspecified atom stereocenters. The van der Waals surface area contributed by atoms with Crippen molar-refractivity contribution in [3.05, 3.63) is 18.2 Å². The zero-order chi connectivity index (χ0) is 19.9. The number of nitrogens with zero attached hydrogens (tertiary/aromatic N) is 4. The summed E-state index contributed by atoms with van der Waals surface area (Å²) in [5.41, 5.74) is 1.67. The van der Waals surface area contributed by atoms with Gasteiger partial charge in [-0.1, -0.05) is 27.7 Å². The van der Waals surface area contributed by atoms with E-state index in [-0.39, 0.29) is 5.92 Å². The van der Waals surface area contributed by atoms with Crippen LogP contribution in [0, 0.1) is 23.2 Å². The van der Waals surface area contributed by atoms with Crippen LogP contribution < -0.4 is 4.90 Å². The molecule has 0 bridgehead atoms. The number of carbonyl (C=O) groups excluding carboxylic acids is 1. The molecule has 3 fully saturated rings. The maximum atomic E-state index is 12.1. The number of anilines is 1. The van der Waals surface area contributed by atoms with Gasteiger partial charge in [-0.2, -0.15) is 0 Å². The van der Waals surface area contributed by atoms with E-state index in [9.17, 15) is 4.79 Å². The van der Waals surface area contributed by atoms with Gasteiger partial charge in [0, 0.05) is 43.4 Å². The lowest BCUT2D eigenvalue weighted by Crippen LogP contribution is -2.64. The Hall–Kier alpha value is -1.65. The highest BCUT2D eigenvalue weighted by Gasteiger charge is 2.53. The van der Waals surface area contributed by atoms with Crippen LogP contribution in [0.25, 0.3) is 0 Å². The average molecular weight is 385 g/mol. The number of piperidine rings is 1. The van der Waals surface area contributed by atoms with E-state index >= 15 is 0 Å². The van der Waals surface area contributed by atoms with Crippen molar-refractivity contribution in [2.24, 2.45) is 23.2 Å². The van der Waals surface area contributed by atoms with Crippen LogP contribution in [0.5, 0.6) is 0 Å². The van der Waals surface area contributed by atoms with E-state index < -0.39 is 0 Å². The zero-order valence-corrected chi connectivity index (χ0v) is 18.0. The maximum absolute atomic E-state index is 12.1. The molecule has 1 aromatic heterocycles. The molecule has 5 nitrogen and oxygen atoms in total. The standard InChI is InChI=1S/C23H36N4O/c1-16(2)21-24-12-20(13-25-21)26-7-5-18(6-8-26)9-19-10-23(11-19)14-27(15-23)22(28)17(3)4/h12-13,16-19H,5-11,14-15H2,1-4H3. The number of hydrogen-bond donors (Lipinski definition) is 0. The summed E-state index contributed by atoms with van der Waals surface area (Å²) in [5, 5.41) is 0. The van der Waals surface area contributed by atoms with E-state index in [2.05, 4.69) is 33.6 Å². The molecule has 1 spiro atoms. The van der Waals surface area contributed by atoms with Gasteiger partial charge in [0.2, 0.25) is 5.91 Å². The highest BCUT2D eigenvalue weighted by molar-refractivity contribution is 5.79. The Bertz CT molecular complexity index is 677. The molecule has 5 heteroatoms. The molecule has 3 heterocycles. The van der Waals surface area contributed by atoms with Crippen molar-refractivity contribution in [1.29, 1.82) is 0 Å². The summed E-state index contributed by atoms with van der Waals surface area (Å²) in [5.74, 6) is 3.56. The van der Waals surface area contributed by atoms with E-state index in [0.29, 0.717) is 17.2 Å². The largest absolute Gasteiger partial charge is 0.369 e. The highest BCUT2D eigenvalue weighted by Crippen LogP contribution is 2.54. The normalized spacial score (nSPS) is 22.6. The third-order valence-corrected chi connectivity index (χ3v) is 7.12. The van der Waals surface area contributed by atoms with Gasteiger partial charge >= 0.3 is 0 Å². The summed E-state index contributed by atoms with van der Waals surface area (Å²) in [7, 11) is 0. The number of rotatable bonds is 5. The molecule has 0 aromatic carbocycles. The van der Waals surface area contributed by atoms with Crippen molar-refractivity contribution in [2.75, 3.05) is 31.1 Å². The molecule has 4 rings (SSSR count). The summed E-state index contributed by atoms with van der Waals surface area (Å²) < 4.78 is 0. The number of amides is 1. The summed E-state index contributed by atoms with van der Waals surface area (Å²) in [6.45, 7) is 12.6. The Kier molecular flexibility index (Phi) is 5.36. The molecule has 0 radical (unpaired) electrons. The fraction of sp³-hybridized carbons (Fsp3) is 0.783. The van der Waals surface area contributed by atoms with Crippen molar-refractivity contribution in [3.8, 4) is 0 Å². The van der Waals surface area contributed by atoms with Crippen LogP contribution in [-0.4, -0.2) is 47.0 Å². The summed E-state index contributed by atoms with van der Waals surface area (Å²) in [6.07, 6.45) is 10.6. The first-order chi connectivity index (χ1) is 13.3. The fourth-order valence-corrected chi connectivity index (χ4v) is 5.57. The molecule has 1 saturated carbocycles. The minimum absolute atomic E-state index is 0.144. The van der Waals surface area contributed by atoms with Gasteiger partial charge in [0.15, 0.2) is 0 Å². The molecular weight excluding hydrogens is 348 g/mol. The highest BCUT2D eigenvalue weighted by atomic mass is 16.2. The third-order valence-electron chi connectivity index (χ3n) is 7.12. The van der Waals surface area contributed by atoms with Crippen molar-refractivity contribution in [1.82, 2.24) is 14.9 Å². The molecule has 0 atom stereocenters. The topological polar surface area (TPSA) is 49.3 Å². The van der Waals surface area contributed by atoms with Gasteiger partial charge in [-0.3, -0.25) is 4.79 Å². The first-order valence-electron chi connectivity index (χ1n) is 11.2. The van der Waals surface area contributed by atoms with E-state index in [1.807, 2.05) is 26.2 Å². The van der Waals surface area contributed by atoms with Crippen molar-refractivity contribution >= 4 is 11.6 Å². The van der Waals surface area contributed by atoms with Crippen molar-refractivity contribution in [3.63, 3.8) is 0 Å². The molecule has 2 saturated heterocycles. The molecule has 1 aromatic rings. The predicted molar refractivity (Wildman–Crippen MR) is 112 cm³/mol. The van der Waals surface area contributed by atoms with Gasteiger partial charge < -0.3 is 9.80 Å². The second-order valence-electron chi connectivity index (χ2n) is 10.2. The quantitative estimate of drug-likeness (QED) is 0.767. The van der Waals surface area contributed by atoms with Crippen LogP contribution in [0.3, 0.4) is 0 Å². The lowest BCUT2D eigenvalue weighted by Gasteiger charge is -2.60. The predicted octanol–water partition coefficient (Wildman–Crippen LogP) is 4.10. The first kappa shape index (κ1) is 19.7. The average Bonchev–Trinajstić information content (AvgIpc) is 2.62. The monoisotopic (exact) mass is 384 g/mol. The van der Waals surface area contributed by atoms with Gasteiger partial charge in [0.05, 0.1) is 18.1 Å². The Labute approximate surface area is 169 Å². The molecule has 154 valence electrons. The number of aromatic nitrogens is 2. The number of carbonyl (C=O) groups is 1. The minimum atomic E-state index is 0.144. The van der Waals surface area contributed by atoms with Crippen LogP contribution in [0.1, 0.15) is 71.5 Å². The zero-order valence-electron chi connectivity index (χ0n) is 18.0. The van der Waals surface area contributed by atoms with Gasteiger partial charge in [-0.05, 0) is 43.9 Å². The van der Waals surface area contributed by atoms with Crippen LogP contribution in [-0.2, 0) is 4.79 Å². The van der Waals surface area contributed by atoms with Crippen molar-refractivity contribution < 1.29 is 4.79 Å². The lowest BCUT2D eigenvalue weighted by atomic mass is 9.55. The molecule has 2 aliphatic heterocycles. The van der Waals surface area contributed by atoms with E-state index in [1.165, 1.54) is 37.8 Å². The van der Waals surface area contributed by atoms with E-state index in [4.69, 9.17) is 0 Å². The molecular formula is C23H36N4O. The second-order valence-corrected chi connectivity index (χ2v) is 10.2. The van der Waals surface area contributed by atoms with Crippen LogP contribution >= 0.6 is 0 Å². The van der Waals surface area contributed by atoms with Crippen LogP contribution in [0.15, 0.2) is 12.4 Å². The summed E-state index contributed by atoms with van der Waals surface area (Å²) in [6, 6.07) is 0. The molecule has 1 amide bonds. The SMILES string of the molecule is CC(C)C(=O)N1CC2(CC(CC3CCN(c4cnc(C(C)C)nc4)CC3)C2)C1. The molecule has 1 aliphatic carbocycles. The lowest BCUT2D eigenvalue weighted by molar-refractivity contribution is -0.159. The van der Waals surface area contributed by atoms with E-state index in [0.717, 1.165) is 43.8 Å². The number of hydrogen-bond acceptors (Lipinski definition) is 4. The Morgan fingerprint density at radius 3 is 2.21 bits per heavy atom. The molecule has 28 heavy (non-hydrogen) atoms. The van der Waals surface area contributed by atoms with Crippen molar-refractivity contribution in [2.45, 2.75) is 65.7 Å². The maximum Gasteiger partial charge on any atom is 0.225 e. The van der Waals surface area contributed by atoms with Gasteiger partial charge in [0.25, 0.3) is 0 Å². The fourth-order valence-electron chi connectivity index (χ4n) is 5.57. The van der Waals surface area contributed by atoms with Gasteiger partial charge in [0.1, 0.15) is 5.82 Å². The minimum Gasteiger partial charge on any atom is -0.369 e. The third kappa shape index (κ3) is 3.90. The van der Waals surface area contributed by atoms with Gasteiger partial charge in [-0.25, -0.2) is 9.97 Å². The Morgan fingerprint density at radius 1 is 1.07 bits per heavy atom.